The topological polar surface area (TPSA) is 72.1 Å². The summed E-state index contributed by atoms with van der Waals surface area (Å²) in [6.07, 6.45) is 1.02. The molecule has 0 spiro atoms. The van der Waals surface area contributed by atoms with Crippen LogP contribution in [0.25, 0.3) is 0 Å². The smallest absolute Gasteiger partial charge is 0.188 e. The number of morpholine rings is 1. The highest BCUT2D eigenvalue weighted by molar-refractivity contribution is 14.0. The fourth-order valence-electron chi connectivity index (χ4n) is 2.73. The van der Waals surface area contributed by atoms with Gasteiger partial charge in [0.1, 0.15) is 12.4 Å². The summed E-state index contributed by atoms with van der Waals surface area (Å²) in [6.45, 7) is 10.8. The zero-order valence-corrected chi connectivity index (χ0v) is 17.6. The highest BCUT2D eigenvalue weighted by Crippen LogP contribution is 2.21. The molecule has 1 fully saturated rings. The van der Waals surface area contributed by atoms with Crippen LogP contribution in [-0.4, -0.2) is 63.4 Å². The molecule has 25 heavy (non-hydrogen) atoms. The van der Waals surface area contributed by atoms with E-state index in [0.717, 1.165) is 62.7 Å². The number of ether oxygens (including phenoxy) is 2. The molecule has 1 saturated heterocycles. The van der Waals surface area contributed by atoms with Gasteiger partial charge in [-0.25, -0.2) is 0 Å². The van der Waals surface area contributed by atoms with Crippen LogP contribution in [0.3, 0.4) is 0 Å². The number of nitrogens with one attached hydrogen (secondary N) is 1. The third-order valence-electron chi connectivity index (χ3n) is 4.08. The Morgan fingerprint density at radius 3 is 2.64 bits per heavy atom. The van der Waals surface area contributed by atoms with E-state index < -0.39 is 0 Å². The molecule has 0 bridgehead atoms. The first-order valence-corrected chi connectivity index (χ1v) is 8.69. The zero-order valence-electron chi connectivity index (χ0n) is 15.3. The van der Waals surface area contributed by atoms with Gasteiger partial charge >= 0.3 is 0 Å². The van der Waals surface area contributed by atoms with Gasteiger partial charge in [-0.15, -0.1) is 24.0 Å². The van der Waals surface area contributed by atoms with Gasteiger partial charge in [0.2, 0.25) is 0 Å². The lowest BCUT2D eigenvalue weighted by Gasteiger charge is -2.26. The number of aryl methyl sites for hydroxylation is 2. The minimum Gasteiger partial charge on any atom is -0.491 e. The number of rotatable bonds is 8. The standard InChI is InChI=1S/C18H30N4O2.HI/c1-15-5-3-6-16(2)17(15)24-12-8-21-18(19)20-7-4-9-22-10-13-23-14-11-22;/h3,5-6H,4,7-14H2,1-2H3,(H3,19,20,21);1H. The molecule has 7 heteroatoms. The van der Waals surface area contributed by atoms with Gasteiger partial charge in [-0.05, 0) is 31.4 Å². The Labute approximate surface area is 168 Å². The van der Waals surface area contributed by atoms with Crippen LogP contribution in [0.5, 0.6) is 5.75 Å². The van der Waals surface area contributed by atoms with Crippen LogP contribution in [0.15, 0.2) is 23.2 Å². The Bertz CT molecular complexity index is 514. The van der Waals surface area contributed by atoms with Crippen molar-refractivity contribution < 1.29 is 9.47 Å². The summed E-state index contributed by atoms with van der Waals surface area (Å²) in [5.74, 6) is 1.45. The van der Waals surface area contributed by atoms with Crippen LogP contribution < -0.4 is 15.8 Å². The average molecular weight is 462 g/mol. The van der Waals surface area contributed by atoms with E-state index in [9.17, 15) is 0 Å². The molecule has 0 aliphatic carbocycles. The molecule has 1 aromatic rings. The van der Waals surface area contributed by atoms with Crippen molar-refractivity contribution >= 4 is 29.9 Å². The van der Waals surface area contributed by atoms with E-state index in [2.05, 4.69) is 41.2 Å². The molecule has 1 heterocycles. The van der Waals surface area contributed by atoms with E-state index in [-0.39, 0.29) is 24.0 Å². The van der Waals surface area contributed by atoms with Crippen molar-refractivity contribution in [1.29, 1.82) is 0 Å². The summed E-state index contributed by atoms with van der Waals surface area (Å²) in [7, 11) is 0. The number of guanidine groups is 1. The van der Waals surface area contributed by atoms with Gasteiger partial charge in [0.25, 0.3) is 0 Å². The minimum absolute atomic E-state index is 0. The van der Waals surface area contributed by atoms with Crippen LogP contribution >= 0.6 is 24.0 Å². The highest BCUT2D eigenvalue weighted by atomic mass is 127. The first kappa shape index (κ1) is 22.0. The van der Waals surface area contributed by atoms with E-state index in [1.807, 2.05) is 6.07 Å². The predicted molar refractivity (Wildman–Crippen MR) is 113 cm³/mol. The SMILES string of the molecule is Cc1cccc(C)c1OCCNC(N)=NCCCN1CCOCC1.I. The molecule has 0 unspecified atom stereocenters. The van der Waals surface area contributed by atoms with Crippen molar-refractivity contribution in [3.63, 3.8) is 0 Å². The number of hydrogen-bond acceptors (Lipinski definition) is 4. The van der Waals surface area contributed by atoms with E-state index >= 15 is 0 Å². The van der Waals surface area contributed by atoms with Gasteiger partial charge < -0.3 is 20.5 Å². The van der Waals surface area contributed by atoms with Crippen molar-refractivity contribution in [1.82, 2.24) is 10.2 Å². The second-order valence-electron chi connectivity index (χ2n) is 6.07. The second-order valence-corrected chi connectivity index (χ2v) is 6.07. The molecular weight excluding hydrogens is 431 g/mol. The van der Waals surface area contributed by atoms with Gasteiger partial charge in [-0.1, -0.05) is 18.2 Å². The van der Waals surface area contributed by atoms with Crippen LogP contribution in [0, 0.1) is 13.8 Å². The number of nitrogens with zero attached hydrogens (tertiary/aromatic N) is 2. The minimum atomic E-state index is 0. The van der Waals surface area contributed by atoms with Gasteiger partial charge in [-0.2, -0.15) is 0 Å². The molecule has 1 aromatic carbocycles. The van der Waals surface area contributed by atoms with E-state index in [1.54, 1.807) is 0 Å². The molecule has 2 rings (SSSR count). The summed E-state index contributed by atoms with van der Waals surface area (Å²) < 4.78 is 11.2. The number of nitrogens with two attached hydrogens (primary N) is 1. The summed E-state index contributed by atoms with van der Waals surface area (Å²) in [4.78, 5) is 6.76. The summed E-state index contributed by atoms with van der Waals surface area (Å²) in [5.41, 5.74) is 8.19. The molecule has 142 valence electrons. The van der Waals surface area contributed by atoms with Gasteiger partial charge in [0.15, 0.2) is 5.96 Å². The third-order valence-corrected chi connectivity index (χ3v) is 4.08. The van der Waals surface area contributed by atoms with E-state index in [1.165, 1.54) is 0 Å². The quantitative estimate of drug-likeness (QED) is 0.268. The van der Waals surface area contributed by atoms with Gasteiger partial charge in [0.05, 0.1) is 19.8 Å². The Kier molecular flexibility index (Phi) is 10.8. The number of aliphatic imine (C=N–C) groups is 1. The summed E-state index contributed by atoms with van der Waals surface area (Å²) in [6, 6.07) is 6.15. The fraction of sp³-hybridized carbons (Fsp3) is 0.611. The maximum Gasteiger partial charge on any atom is 0.188 e. The Hall–Kier alpha value is -1.06. The van der Waals surface area contributed by atoms with Crippen LogP contribution in [0.2, 0.25) is 0 Å². The molecule has 0 saturated carbocycles. The van der Waals surface area contributed by atoms with Crippen molar-refractivity contribution in [3.05, 3.63) is 29.3 Å². The summed E-state index contributed by atoms with van der Waals surface area (Å²) in [5, 5.41) is 3.10. The molecule has 1 aliphatic rings. The normalized spacial score (nSPS) is 15.5. The number of benzene rings is 1. The Morgan fingerprint density at radius 2 is 1.96 bits per heavy atom. The molecule has 0 atom stereocenters. The maximum atomic E-state index is 5.88. The van der Waals surface area contributed by atoms with Gasteiger partial charge in [0, 0.05) is 26.2 Å². The molecule has 0 aromatic heterocycles. The highest BCUT2D eigenvalue weighted by Gasteiger charge is 2.08. The molecular formula is C18H31IN4O2. The largest absolute Gasteiger partial charge is 0.491 e. The van der Waals surface area contributed by atoms with Crippen molar-refractivity contribution in [2.45, 2.75) is 20.3 Å². The molecule has 1 aliphatic heterocycles. The van der Waals surface area contributed by atoms with Crippen molar-refractivity contribution in [2.24, 2.45) is 10.7 Å². The second kappa shape index (κ2) is 12.3. The molecule has 3 N–H and O–H groups in total. The molecule has 0 amide bonds. The third kappa shape index (κ3) is 8.24. The number of para-hydroxylation sites is 1. The van der Waals surface area contributed by atoms with Gasteiger partial charge in [-0.3, -0.25) is 9.89 Å². The number of hydrogen-bond donors (Lipinski definition) is 2. The Morgan fingerprint density at radius 1 is 1.28 bits per heavy atom. The monoisotopic (exact) mass is 462 g/mol. The lowest BCUT2D eigenvalue weighted by molar-refractivity contribution is 0.0377. The van der Waals surface area contributed by atoms with E-state index in [4.69, 9.17) is 15.2 Å². The van der Waals surface area contributed by atoms with Crippen molar-refractivity contribution in [2.75, 3.05) is 52.5 Å². The fourth-order valence-corrected chi connectivity index (χ4v) is 2.73. The van der Waals surface area contributed by atoms with Crippen LogP contribution in [-0.2, 0) is 4.74 Å². The van der Waals surface area contributed by atoms with Crippen LogP contribution in [0.4, 0.5) is 0 Å². The lowest BCUT2D eigenvalue weighted by atomic mass is 10.1. The van der Waals surface area contributed by atoms with E-state index in [0.29, 0.717) is 19.1 Å². The van der Waals surface area contributed by atoms with Crippen LogP contribution in [0.1, 0.15) is 17.5 Å². The predicted octanol–water partition coefficient (Wildman–Crippen LogP) is 1.93. The zero-order chi connectivity index (χ0) is 17.2. The Balaban J connectivity index is 0.00000312. The molecule has 6 nitrogen and oxygen atoms in total. The molecule has 0 radical (unpaired) electrons. The maximum absolute atomic E-state index is 5.88. The average Bonchev–Trinajstić information content (AvgIpc) is 2.58. The summed E-state index contributed by atoms with van der Waals surface area (Å²) >= 11 is 0. The first-order chi connectivity index (χ1) is 11.7. The number of halogens is 1. The lowest BCUT2D eigenvalue weighted by Crippen LogP contribution is -2.37. The van der Waals surface area contributed by atoms with Crippen molar-refractivity contribution in [3.8, 4) is 5.75 Å². The first-order valence-electron chi connectivity index (χ1n) is 8.69.